The fourth-order valence-corrected chi connectivity index (χ4v) is 17.4. The van der Waals surface area contributed by atoms with Crippen LogP contribution in [0.15, 0.2) is 170 Å². The predicted octanol–water partition coefficient (Wildman–Crippen LogP) is -0.484. The third-order valence-corrected chi connectivity index (χ3v) is 25.8. The van der Waals surface area contributed by atoms with Crippen molar-refractivity contribution in [2.75, 3.05) is 51.8 Å². The van der Waals surface area contributed by atoms with E-state index in [0.717, 1.165) is 32.7 Å². The summed E-state index contributed by atoms with van der Waals surface area (Å²) in [6.45, 7) is 10.3. The van der Waals surface area contributed by atoms with Gasteiger partial charge in [-0.05, 0) is 127 Å². The highest BCUT2D eigenvalue weighted by Crippen LogP contribution is 2.25. The lowest BCUT2D eigenvalue weighted by molar-refractivity contribution is -0.148. The molecule has 802 valence electrons. The van der Waals surface area contributed by atoms with Gasteiger partial charge in [-0.1, -0.05) is 187 Å². The molecule has 7 aromatic rings. The van der Waals surface area contributed by atoms with Gasteiger partial charge in [0.15, 0.2) is 17.9 Å². The maximum Gasteiger partial charge on any atom is 0.305 e. The number of para-hydroxylation sites is 1. The fraction of sp³-hybridized carbons (Fsp3) is 0.437. The Kier molecular flexibility index (Phi) is 46.6. The summed E-state index contributed by atoms with van der Waals surface area (Å²) in [5.41, 5.74) is 26.8. The maximum absolute atomic E-state index is 15.7. The average Bonchev–Trinajstić information content (AvgIpc) is 1.75. The maximum atomic E-state index is 15.7. The first kappa shape index (κ1) is 118. The SMILES string of the molecule is CC(C)C[C@@H]1NC(=O)C(CCCNC(=N)N)NC(=O)[C@H](Cc2ccccc2)N(C)C(=O)[C@H](C)N(C)C(=O)[C@H](CCCNC(=N)N)NC(=O)[C@H](Cc2ccc(-c3ccccc3)cc2)NC(=O)[C@H](C(C)C)NC(=O)[C@H](Cc2c[nH]c3ccccc23)NC(=O)[C@H](CC(=O)O)NC(=O)[C@H](Cc2ccc(O)cc2)NC(=O)[C@H](Cc2ccccc2)NC(=O)CSC[C@@H](C(=O)NCC(N)=O)NC(=O)[C@H](CCCNC(=N)N)NC(=O)[C@H](C(C)C)NC1=O. The van der Waals surface area contributed by atoms with E-state index in [4.69, 9.17) is 39.2 Å². The van der Waals surface area contributed by atoms with Crippen molar-refractivity contribution in [2.24, 2.45) is 40.7 Å². The molecule has 1 fully saturated rings. The molecule has 0 radical (unpaired) electrons. The van der Waals surface area contributed by atoms with Crippen molar-refractivity contribution in [3.63, 3.8) is 0 Å². The van der Waals surface area contributed by atoms with E-state index >= 15 is 52.7 Å². The lowest BCUT2D eigenvalue weighted by Gasteiger charge is -2.35. The van der Waals surface area contributed by atoms with Crippen LogP contribution < -0.4 is 108 Å². The number of guanidine groups is 3. The van der Waals surface area contributed by atoms with E-state index in [9.17, 15) is 39.0 Å². The van der Waals surface area contributed by atoms with Gasteiger partial charge in [-0.2, -0.15) is 0 Å². The number of H-pyrrole nitrogens is 1. The van der Waals surface area contributed by atoms with Crippen LogP contribution >= 0.6 is 11.8 Å². The molecule has 0 aliphatic carbocycles. The molecule has 1 unspecified atom stereocenters. The number of carbonyl (C=O) groups excluding carboxylic acids is 16. The molecule has 1 aliphatic rings. The monoisotopic (exact) mass is 2080 g/mol. The molecular formula is C103H140N26O19S. The topological polar surface area (TPSA) is 721 Å². The molecule has 14 atom stereocenters. The molecule has 1 aromatic heterocycles. The van der Waals surface area contributed by atoms with Gasteiger partial charge in [0, 0.05) is 88.7 Å². The number of nitrogens with two attached hydrogens (primary N) is 4. The number of carboxylic acids is 1. The Bertz CT molecular complexity index is 5810. The first-order valence-electron chi connectivity index (χ1n) is 49.1. The molecule has 46 heteroatoms. The molecule has 16 amide bonds. The van der Waals surface area contributed by atoms with Crippen LogP contribution in [0, 0.1) is 34.0 Å². The number of phenolic OH excluding ortho intramolecular Hbond substituents is 1. The van der Waals surface area contributed by atoms with Gasteiger partial charge in [-0.15, -0.1) is 11.8 Å². The molecule has 2 heterocycles. The number of rotatable bonds is 32. The molecule has 0 saturated carbocycles. The molecule has 1 saturated heterocycles. The Balaban J connectivity index is 1.25. The zero-order valence-corrected chi connectivity index (χ0v) is 85.7. The number of aromatic hydroxyl groups is 1. The molecule has 0 spiro atoms. The van der Waals surface area contributed by atoms with Gasteiger partial charge in [0.05, 0.1) is 18.7 Å². The van der Waals surface area contributed by atoms with Crippen molar-refractivity contribution in [3.05, 3.63) is 198 Å². The molecule has 1 aliphatic heterocycles. The first-order valence-corrected chi connectivity index (χ1v) is 50.3. The van der Waals surface area contributed by atoms with Gasteiger partial charge >= 0.3 is 5.97 Å². The van der Waals surface area contributed by atoms with Gasteiger partial charge < -0.3 is 133 Å². The van der Waals surface area contributed by atoms with Crippen molar-refractivity contribution in [1.29, 1.82) is 16.2 Å². The van der Waals surface area contributed by atoms with Crippen LogP contribution in [0.25, 0.3) is 22.0 Å². The largest absolute Gasteiger partial charge is 0.508 e. The highest BCUT2D eigenvalue weighted by Gasteiger charge is 2.42. The summed E-state index contributed by atoms with van der Waals surface area (Å²) in [4.78, 5) is 259. The van der Waals surface area contributed by atoms with E-state index < -0.39 is 246 Å². The predicted molar refractivity (Wildman–Crippen MR) is 560 cm³/mol. The van der Waals surface area contributed by atoms with E-state index in [0.29, 0.717) is 33.2 Å². The Morgan fingerprint density at radius 2 is 0.805 bits per heavy atom. The second-order valence-electron chi connectivity index (χ2n) is 37.7. The minimum absolute atomic E-state index is 0.00741. The number of nitrogens with zero attached hydrogens (tertiary/aromatic N) is 2. The molecule has 30 N–H and O–H groups in total. The van der Waals surface area contributed by atoms with E-state index in [1.54, 1.807) is 157 Å². The highest BCUT2D eigenvalue weighted by atomic mass is 32.2. The van der Waals surface area contributed by atoms with Gasteiger partial charge in [-0.25, -0.2) is 0 Å². The van der Waals surface area contributed by atoms with E-state index in [2.05, 4.69) is 90.1 Å². The summed E-state index contributed by atoms with van der Waals surface area (Å²) < 4.78 is 0. The third-order valence-electron chi connectivity index (χ3n) is 24.8. The highest BCUT2D eigenvalue weighted by molar-refractivity contribution is 8.00. The van der Waals surface area contributed by atoms with Crippen molar-refractivity contribution < 1.29 is 91.7 Å². The quantitative estimate of drug-likeness (QED) is 0.0144. The molecule has 149 heavy (non-hydrogen) atoms. The average molecular weight is 2080 g/mol. The van der Waals surface area contributed by atoms with Crippen LogP contribution in [0.4, 0.5) is 0 Å². The van der Waals surface area contributed by atoms with Gasteiger partial charge in [-0.3, -0.25) is 97.7 Å². The zero-order chi connectivity index (χ0) is 109. The molecular weight excluding hydrogens is 1940 g/mol. The minimum Gasteiger partial charge on any atom is -0.508 e. The lowest BCUT2D eigenvalue weighted by atomic mass is 9.98. The summed E-state index contributed by atoms with van der Waals surface area (Å²) in [7, 11) is 2.59. The molecule has 0 bridgehead atoms. The smallest absolute Gasteiger partial charge is 0.305 e. The molecule has 8 rings (SSSR count). The number of amides is 16. The fourth-order valence-electron chi connectivity index (χ4n) is 16.5. The number of nitrogens with one attached hydrogen (secondary N) is 20. The summed E-state index contributed by atoms with van der Waals surface area (Å²) in [5, 5.41) is 87.8. The number of hydrogen-bond acceptors (Lipinski definition) is 22. The Hall–Kier alpha value is -16.2. The van der Waals surface area contributed by atoms with Crippen LogP contribution in [0.1, 0.15) is 128 Å². The van der Waals surface area contributed by atoms with Gasteiger partial charge in [0.1, 0.15) is 90.3 Å². The molecule has 6 aromatic carbocycles. The lowest BCUT2D eigenvalue weighted by Crippen LogP contribution is -2.62. The van der Waals surface area contributed by atoms with Crippen LogP contribution in [-0.2, 0) is 114 Å². The zero-order valence-electron chi connectivity index (χ0n) is 84.9. The minimum atomic E-state index is -2.09. The summed E-state index contributed by atoms with van der Waals surface area (Å²) in [5.74, 6) is -22.1. The Morgan fingerprint density at radius 3 is 1.30 bits per heavy atom. The second-order valence-corrected chi connectivity index (χ2v) is 38.7. The number of primary amides is 1. The number of likely N-dealkylation sites (N-methyl/N-ethyl adjacent to an activating group) is 2. The van der Waals surface area contributed by atoms with Crippen molar-refractivity contribution >= 4 is 141 Å². The Labute approximate surface area is 868 Å². The van der Waals surface area contributed by atoms with Crippen LogP contribution in [0.2, 0.25) is 0 Å². The second kappa shape index (κ2) is 58.8. The number of phenols is 1. The molecule has 45 nitrogen and oxygen atoms in total. The van der Waals surface area contributed by atoms with Gasteiger partial charge in [0.25, 0.3) is 0 Å². The number of benzene rings is 6. The number of hydrogen-bond donors (Lipinski definition) is 26. The normalized spacial score (nSPS) is 21.9. The van der Waals surface area contributed by atoms with E-state index in [1.165, 1.54) is 45.3 Å². The van der Waals surface area contributed by atoms with E-state index in [1.807, 2.05) is 30.3 Å². The third kappa shape index (κ3) is 38.6. The number of fused-ring (bicyclic) bond motifs is 1. The van der Waals surface area contributed by atoms with Crippen LogP contribution in [0.3, 0.4) is 0 Å². The summed E-state index contributed by atoms with van der Waals surface area (Å²) >= 11 is 0.737. The van der Waals surface area contributed by atoms with Crippen molar-refractivity contribution in [2.45, 2.75) is 217 Å². The summed E-state index contributed by atoms with van der Waals surface area (Å²) in [6, 6.07) is 22.5. The number of aromatic nitrogens is 1. The van der Waals surface area contributed by atoms with Crippen LogP contribution in [0.5, 0.6) is 5.75 Å². The number of carbonyl (C=O) groups is 17. The number of aliphatic carboxylic acids is 1. The van der Waals surface area contributed by atoms with E-state index in [-0.39, 0.29) is 107 Å². The number of aromatic amines is 1. The van der Waals surface area contributed by atoms with Crippen molar-refractivity contribution in [1.82, 2.24) is 99.9 Å². The standard InChI is InChI=1S/C103H140N26O19S/c1-57(2)46-74-94(142)126-85(58(3)4)97(145)118-72(33-22-44-112-102(107)108)89(137)125-80(87(135)115-54-82(104)131)55-149-56-83(132)116-75(47-61-24-13-10-14-25-61)90(138)121-76(49-64-37-41-68(130)42-38-64)92(140)123-79(52-84(133)134)93(141)122-78(51-67-53-114-70-31-20-19-30-69(67)70)95(143)127-86(59(5)6)98(146)124-77(48-63-35-39-66(40-36-63)65-28-17-12-18-29-65)91(139)119-73(34-23-45-113-103(109)110)100(148)128(8)60(7)99(147)129(9)81(50-62-26-15-11-16-27-62)96(144)117-71(88(136)120-74)32-21-43-111-101(105)106/h10-20,24-31,35-42,53,57-60,71-81,85-86,114,130H,21-23,32-34,43-52,54-56H2,1-9H3,(H2,104,131)(H,115,135)(H,116,132)(H,117,144)(H,118,145)(H,119,139)(H,120,136)(H,121,138)(H,122,141)(H,123,140)(H,124,146)(H,125,137)(H,126,142)(H,127,143)(H,133,134)(H4,105,106,111)(H4,107,108,112)(H4,109,110,113)/t60-,71?,72-,73-,74-,75-,76-,77-,78-,79-,80-,81-,85-,86-/m0/s1. The van der Waals surface area contributed by atoms with Crippen LogP contribution in [-0.4, -0.2) is 280 Å². The van der Waals surface area contributed by atoms with Gasteiger partial charge in [0.2, 0.25) is 94.5 Å². The van der Waals surface area contributed by atoms with Crippen molar-refractivity contribution in [3.8, 4) is 16.9 Å². The number of carboxylic acid groups (broad SMARTS) is 1. The summed E-state index contributed by atoms with van der Waals surface area (Å²) in [6.07, 6.45) is -1.87. The first-order chi connectivity index (χ1) is 70.8. The Morgan fingerprint density at radius 1 is 0.416 bits per heavy atom. The number of thioether (sulfide) groups is 1.